The third-order valence-corrected chi connectivity index (χ3v) is 2.08. The van der Waals surface area contributed by atoms with E-state index < -0.39 is 0 Å². The first-order valence-electron chi connectivity index (χ1n) is 4.67. The second kappa shape index (κ2) is 4.55. The molecule has 1 atom stereocenters. The Labute approximate surface area is 69.9 Å². The highest BCUT2D eigenvalue weighted by Crippen LogP contribution is 2.10. The van der Waals surface area contributed by atoms with E-state index in [1.54, 1.807) is 0 Å². The molecule has 11 heavy (non-hydrogen) atoms. The molecule has 0 radical (unpaired) electrons. The van der Waals surface area contributed by atoms with Crippen molar-refractivity contribution in [3.05, 3.63) is 12.2 Å². The van der Waals surface area contributed by atoms with Crippen LogP contribution in [0.3, 0.4) is 0 Å². The smallest absolute Gasteiger partial charge is 0.0105 e. The average molecular weight is 153 g/mol. The van der Waals surface area contributed by atoms with Gasteiger partial charge in [0, 0.05) is 6.04 Å². The quantitative estimate of drug-likeness (QED) is 0.614. The Morgan fingerprint density at radius 2 is 2.27 bits per heavy atom. The maximum atomic E-state index is 3.57. The van der Waals surface area contributed by atoms with Crippen LogP contribution in [-0.2, 0) is 0 Å². The van der Waals surface area contributed by atoms with E-state index in [4.69, 9.17) is 0 Å². The maximum absolute atomic E-state index is 3.57. The van der Waals surface area contributed by atoms with Crippen LogP contribution in [0.5, 0.6) is 0 Å². The molecule has 0 heterocycles. The van der Waals surface area contributed by atoms with Gasteiger partial charge in [0.2, 0.25) is 0 Å². The molecule has 0 saturated heterocycles. The minimum absolute atomic E-state index is 0.752. The molecule has 0 saturated carbocycles. The third kappa shape index (κ3) is 3.57. The Bertz CT molecular complexity index is 127. The first-order valence-corrected chi connectivity index (χ1v) is 4.67. The van der Waals surface area contributed by atoms with Gasteiger partial charge in [-0.25, -0.2) is 0 Å². The molecule has 64 valence electrons. The highest BCUT2D eigenvalue weighted by molar-refractivity contribution is 4.92. The van der Waals surface area contributed by atoms with E-state index in [1.165, 1.54) is 25.8 Å². The minimum Gasteiger partial charge on any atom is -0.313 e. The molecule has 1 heteroatoms. The van der Waals surface area contributed by atoms with E-state index in [0.717, 1.165) is 12.0 Å². The van der Waals surface area contributed by atoms with E-state index in [-0.39, 0.29) is 0 Å². The molecule has 1 rings (SSSR count). The Morgan fingerprint density at radius 3 is 2.82 bits per heavy atom. The van der Waals surface area contributed by atoms with Crippen LogP contribution in [0.2, 0.25) is 0 Å². The Balaban J connectivity index is 2.11. The van der Waals surface area contributed by atoms with Gasteiger partial charge in [0.1, 0.15) is 0 Å². The molecule has 0 spiro atoms. The summed E-state index contributed by atoms with van der Waals surface area (Å²) < 4.78 is 0. The van der Waals surface area contributed by atoms with Gasteiger partial charge in [-0.2, -0.15) is 0 Å². The molecule has 1 aliphatic rings. The van der Waals surface area contributed by atoms with E-state index >= 15 is 0 Å². The molecule has 0 aliphatic heterocycles. The fraction of sp³-hybridized carbons (Fsp3) is 0.800. The van der Waals surface area contributed by atoms with E-state index in [1.807, 2.05) is 0 Å². The highest BCUT2D eigenvalue weighted by atomic mass is 14.9. The molecule has 1 nitrogen and oxygen atoms in total. The van der Waals surface area contributed by atoms with E-state index in [2.05, 4.69) is 31.3 Å². The lowest BCUT2D eigenvalue weighted by molar-refractivity contribution is 0.437. The summed E-state index contributed by atoms with van der Waals surface area (Å²) in [4.78, 5) is 0. The molecule has 0 fully saturated rings. The topological polar surface area (TPSA) is 12.0 Å². The normalized spacial score (nSPS) is 24.5. The SMILES string of the molecule is CC(C)CNC1CC=CCC1. The van der Waals surface area contributed by atoms with Crippen molar-refractivity contribution in [1.82, 2.24) is 5.32 Å². The lowest BCUT2D eigenvalue weighted by Gasteiger charge is -2.20. The van der Waals surface area contributed by atoms with Crippen molar-refractivity contribution in [2.75, 3.05) is 6.54 Å². The van der Waals surface area contributed by atoms with Crippen molar-refractivity contribution in [2.45, 2.75) is 39.2 Å². The van der Waals surface area contributed by atoms with Crippen LogP contribution in [0.25, 0.3) is 0 Å². The summed E-state index contributed by atoms with van der Waals surface area (Å²) in [6, 6.07) is 0.752. The maximum Gasteiger partial charge on any atom is 0.0105 e. The van der Waals surface area contributed by atoms with Crippen LogP contribution in [0.15, 0.2) is 12.2 Å². The van der Waals surface area contributed by atoms with Gasteiger partial charge in [-0.05, 0) is 31.7 Å². The fourth-order valence-corrected chi connectivity index (χ4v) is 1.38. The van der Waals surface area contributed by atoms with E-state index in [9.17, 15) is 0 Å². The zero-order valence-corrected chi connectivity index (χ0v) is 7.64. The van der Waals surface area contributed by atoms with Crippen molar-refractivity contribution in [2.24, 2.45) is 5.92 Å². The Morgan fingerprint density at radius 1 is 1.45 bits per heavy atom. The number of nitrogens with one attached hydrogen (secondary N) is 1. The summed E-state index contributed by atoms with van der Waals surface area (Å²) in [5, 5.41) is 3.57. The molecule has 0 amide bonds. The molecule has 0 bridgehead atoms. The van der Waals surface area contributed by atoms with Gasteiger partial charge in [0.05, 0.1) is 0 Å². The minimum atomic E-state index is 0.752. The standard InChI is InChI=1S/C10H19N/c1-9(2)8-11-10-6-4-3-5-7-10/h3-4,9-11H,5-8H2,1-2H3. The van der Waals surface area contributed by atoms with Gasteiger partial charge in [-0.1, -0.05) is 26.0 Å². The molecular weight excluding hydrogens is 134 g/mol. The zero-order chi connectivity index (χ0) is 8.10. The lowest BCUT2D eigenvalue weighted by Crippen LogP contribution is -2.32. The summed E-state index contributed by atoms with van der Waals surface area (Å²) in [7, 11) is 0. The Kier molecular flexibility index (Phi) is 3.64. The van der Waals surface area contributed by atoms with Crippen molar-refractivity contribution < 1.29 is 0 Å². The van der Waals surface area contributed by atoms with Gasteiger partial charge in [-0.3, -0.25) is 0 Å². The average Bonchev–Trinajstić information content (AvgIpc) is 2.03. The predicted molar refractivity (Wildman–Crippen MR) is 49.6 cm³/mol. The molecule has 0 aromatic heterocycles. The van der Waals surface area contributed by atoms with Crippen LogP contribution in [0.1, 0.15) is 33.1 Å². The summed E-state index contributed by atoms with van der Waals surface area (Å²) in [6.45, 7) is 5.68. The first-order chi connectivity index (χ1) is 5.29. The van der Waals surface area contributed by atoms with Gasteiger partial charge < -0.3 is 5.32 Å². The molecule has 1 unspecified atom stereocenters. The molecule has 1 aliphatic carbocycles. The van der Waals surface area contributed by atoms with E-state index in [0.29, 0.717) is 0 Å². The molecular formula is C10H19N. The third-order valence-electron chi connectivity index (χ3n) is 2.08. The molecule has 0 aromatic rings. The van der Waals surface area contributed by atoms with Gasteiger partial charge in [0.25, 0.3) is 0 Å². The monoisotopic (exact) mass is 153 g/mol. The second-order valence-electron chi connectivity index (χ2n) is 3.78. The number of allylic oxidation sites excluding steroid dienone is 1. The summed E-state index contributed by atoms with van der Waals surface area (Å²) in [5.74, 6) is 0.779. The zero-order valence-electron chi connectivity index (χ0n) is 7.64. The number of hydrogen-bond donors (Lipinski definition) is 1. The van der Waals surface area contributed by atoms with Crippen LogP contribution in [0.4, 0.5) is 0 Å². The van der Waals surface area contributed by atoms with Gasteiger partial charge in [-0.15, -0.1) is 0 Å². The summed E-state index contributed by atoms with van der Waals surface area (Å²) in [6.07, 6.45) is 8.39. The fourth-order valence-electron chi connectivity index (χ4n) is 1.38. The van der Waals surface area contributed by atoms with Crippen molar-refractivity contribution in [1.29, 1.82) is 0 Å². The van der Waals surface area contributed by atoms with Gasteiger partial charge >= 0.3 is 0 Å². The van der Waals surface area contributed by atoms with Gasteiger partial charge in [0.15, 0.2) is 0 Å². The number of hydrogen-bond acceptors (Lipinski definition) is 1. The predicted octanol–water partition coefficient (Wildman–Crippen LogP) is 2.34. The first kappa shape index (κ1) is 8.79. The summed E-state index contributed by atoms with van der Waals surface area (Å²) >= 11 is 0. The highest BCUT2D eigenvalue weighted by Gasteiger charge is 2.08. The second-order valence-corrected chi connectivity index (χ2v) is 3.78. The summed E-state index contributed by atoms with van der Waals surface area (Å²) in [5.41, 5.74) is 0. The largest absolute Gasteiger partial charge is 0.313 e. The van der Waals surface area contributed by atoms with Crippen molar-refractivity contribution >= 4 is 0 Å². The number of rotatable bonds is 3. The molecule has 0 aromatic carbocycles. The van der Waals surface area contributed by atoms with Crippen LogP contribution >= 0.6 is 0 Å². The van der Waals surface area contributed by atoms with Crippen LogP contribution < -0.4 is 5.32 Å². The van der Waals surface area contributed by atoms with Crippen LogP contribution in [-0.4, -0.2) is 12.6 Å². The molecule has 1 N–H and O–H groups in total. The lowest BCUT2D eigenvalue weighted by atomic mass is 10.0. The van der Waals surface area contributed by atoms with Crippen molar-refractivity contribution in [3.8, 4) is 0 Å². The van der Waals surface area contributed by atoms with Crippen molar-refractivity contribution in [3.63, 3.8) is 0 Å². The Hall–Kier alpha value is -0.300. The van der Waals surface area contributed by atoms with Crippen LogP contribution in [0, 0.1) is 5.92 Å².